The number of terminal acetylenes is 1. The van der Waals surface area contributed by atoms with Crippen LogP contribution in [-0.2, 0) is 4.74 Å². The predicted molar refractivity (Wildman–Crippen MR) is 108 cm³/mol. The van der Waals surface area contributed by atoms with Crippen molar-refractivity contribution in [3.05, 3.63) is 106 Å². The first-order chi connectivity index (χ1) is 13.7. The number of hydrogen-bond donors (Lipinski definition) is 0. The summed E-state index contributed by atoms with van der Waals surface area (Å²) in [6.07, 6.45) is 5.98. The van der Waals surface area contributed by atoms with Crippen molar-refractivity contribution in [3.8, 4) is 12.3 Å². The van der Waals surface area contributed by atoms with Crippen LogP contribution in [0.1, 0.15) is 54.8 Å². The molecule has 1 aliphatic rings. The SMILES string of the molecule is C#C[C@H](c1ccc(C(=O)OC)cc1)C1c2ccccc2C(=O)c2ccccc21. The molecule has 0 radical (unpaired) electrons. The van der Waals surface area contributed by atoms with Crippen LogP contribution in [0.2, 0.25) is 0 Å². The van der Waals surface area contributed by atoms with Crippen LogP contribution >= 0.6 is 0 Å². The van der Waals surface area contributed by atoms with Gasteiger partial charge in [0.05, 0.1) is 18.6 Å². The number of methoxy groups -OCH3 is 1. The van der Waals surface area contributed by atoms with Gasteiger partial charge in [0.15, 0.2) is 5.78 Å². The van der Waals surface area contributed by atoms with Gasteiger partial charge in [-0.15, -0.1) is 6.42 Å². The molecule has 0 saturated carbocycles. The van der Waals surface area contributed by atoms with E-state index in [1.54, 1.807) is 12.1 Å². The molecular formula is C25H18O3. The maximum absolute atomic E-state index is 13.0. The van der Waals surface area contributed by atoms with Crippen LogP contribution in [0.15, 0.2) is 72.8 Å². The second-order valence-corrected chi connectivity index (χ2v) is 6.74. The Kier molecular flexibility index (Phi) is 4.55. The monoisotopic (exact) mass is 366 g/mol. The lowest BCUT2D eigenvalue weighted by Gasteiger charge is -2.31. The highest BCUT2D eigenvalue weighted by Crippen LogP contribution is 2.44. The van der Waals surface area contributed by atoms with E-state index in [0.29, 0.717) is 16.7 Å². The van der Waals surface area contributed by atoms with E-state index in [1.807, 2.05) is 60.7 Å². The molecule has 0 amide bonds. The summed E-state index contributed by atoms with van der Waals surface area (Å²) in [4.78, 5) is 24.7. The first kappa shape index (κ1) is 17.8. The molecule has 3 aromatic carbocycles. The third-order valence-electron chi connectivity index (χ3n) is 5.28. The van der Waals surface area contributed by atoms with E-state index in [1.165, 1.54) is 7.11 Å². The Bertz CT molecular complexity index is 1050. The fraction of sp³-hybridized carbons (Fsp3) is 0.120. The minimum absolute atomic E-state index is 0.0271. The first-order valence-corrected chi connectivity index (χ1v) is 9.02. The van der Waals surface area contributed by atoms with Crippen molar-refractivity contribution in [1.82, 2.24) is 0 Å². The average Bonchev–Trinajstić information content (AvgIpc) is 2.76. The number of rotatable bonds is 3. The topological polar surface area (TPSA) is 43.4 Å². The van der Waals surface area contributed by atoms with Crippen molar-refractivity contribution >= 4 is 11.8 Å². The van der Waals surface area contributed by atoms with Crippen molar-refractivity contribution in [3.63, 3.8) is 0 Å². The van der Waals surface area contributed by atoms with E-state index in [-0.39, 0.29) is 23.6 Å². The Morgan fingerprint density at radius 1 is 0.929 bits per heavy atom. The molecular weight excluding hydrogens is 348 g/mol. The smallest absolute Gasteiger partial charge is 0.337 e. The minimum Gasteiger partial charge on any atom is -0.465 e. The normalized spacial score (nSPS) is 13.8. The number of ether oxygens (including phenoxy) is 1. The minimum atomic E-state index is -0.386. The number of hydrogen-bond acceptors (Lipinski definition) is 3. The number of ketones is 1. The number of benzene rings is 3. The van der Waals surface area contributed by atoms with Crippen molar-refractivity contribution in [1.29, 1.82) is 0 Å². The predicted octanol–water partition coefficient (Wildman–Crippen LogP) is 4.57. The van der Waals surface area contributed by atoms with Gasteiger partial charge in [-0.3, -0.25) is 4.79 Å². The number of esters is 1. The van der Waals surface area contributed by atoms with Gasteiger partial charge in [-0.05, 0) is 28.8 Å². The molecule has 0 saturated heterocycles. The fourth-order valence-corrected chi connectivity index (χ4v) is 3.95. The molecule has 4 rings (SSSR count). The lowest BCUT2D eigenvalue weighted by molar-refractivity contribution is 0.0600. The quantitative estimate of drug-likeness (QED) is 0.504. The van der Waals surface area contributed by atoms with Crippen molar-refractivity contribution in [2.45, 2.75) is 11.8 Å². The molecule has 1 atom stereocenters. The molecule has 3 nitrogen and oxygen atoms in total. The van der Waals surface area contributed by atoms with Crippen LogP contribution in [0, 0.1) is 12.3 Å². The molecule has 28 heavy (non-hydrogen) atoms. The third kappa shape index (κ3) is 2.80. The summed E-state index contributed by atoms with van der Waals surface area (Å²) in [6, 6.07) is 22.4. The second-order valence-electron chi connectivity index (χ2n) is 6.74. The number of carbonyl (C=O) groups excluding carboxylic acids is 2. The van der Waals surface area contributed by atoms with E-state index in [2.05, 4.69) is 5.92 Å². The molecule has 136 valence electrons. The van der Waals surface area contributed by atoms with Gasteiger partial charge in [0.25, 0.3) is 0 Å². The van der Waals surface area contributed by atoms with Crippen molar-refractivity contribution < 1.29 is 14.3 Å². The highest BCUT2D eigenvalue weighted by molar-refractivity contribution is 6.12. The fourth-order valence-electron chi connectivity index (χ4n) is 3.95. The summed E-state index contributed by atoms with van der Waals surface area (Å²) in [5.74, 6) is 2.15. The summed E-state index contributed by atoms with van der Waals surface area (Å²) in [6.45, 7) is 0. The van der Waals surface area contributed by atoms with E-state index in [4.69, 9.17) is 11.2 Å². The van der Waals surface area contributed by atoms with Crippen LogP contribution in [0.25, 0.3) is 0 Å². The van der Waals surface area contributed by atoms with Crippen LogP contribution in [-0.4, -0.2) is 18.9 Å². The molecule has 3 aromatic rings. The number of fused-ring (bicyclic) bond motifs is 2. The molecule has 0 aliphatic heterocycles. The van der Waals surface area contributed by atoms with E-state index in [9.17, 15) is 9.59 Å². The van der Waals surface area contributed by atoms with E-state index >= 15 is 0 Å². The van der Waals surface area contributed by atoms with E-state index < -0.39 is 0 Å². The highest BCUT2D eigenvalue weighted by atomic mass is 16.5. The zero-order valence-corrected chi connectivity index (χ0v) is 15.4. The average molecular weight is 366 g/mol. The number of carbonyl (C=O) groups is 2. The molecule has 0 N–H and O–H groups in total. The molecule has 3 heteroatoms. The zero-order chi connectivity index (χ0) is 19.7. The molecule has 0 fully saturated rings. The van der Waals surface area contributed by atoms with Crippen LogP contribution in [0.5, 0.6) is 0 Å². The molecule has 0 aromatic heterocycles. The Balaban J connectivity index is 1.85. The van der Waals surface area contributed by atoms with Crippen molar-refractivity contribution in [2.75, 3.05) is 7.11 Å². The van der Waals surface area contributed by atoms with Crippen LogP contribution in [0.3, 0.4) is 0 Å². The van der Waals surface area contributed by atoms with Crippen LogP contribution < -0.4 is 0 Å². The Morgan fingerprint density at radius 3 is 1.96 bits per heavy atom. The molecule has 0 unspecified atom stereocenters. The van der Waals surface area contributed by atoms with Gasteiger partial charge in [-0.25, -0.2) is 4.79 Å². The largest absolute Gasteiger partial charge is 0.465 e. The lowest BCUT2D eigenvalue weighted by atomic mass is 9.70. The zero-order valence-electron chi connectivity index (χ0n) is 15.4. The summed E-state index contributed by atoms with van der Waals surface area (Å²) < 4.78 is 4.77. The molecule has 0 bridgehead atoms. The Morgan fingerprint density at radius 2 is 1.46 bits per heavy atom. The maximum Gasteiger partial charge on any atom is 0.337 e. The second kappa shape index (κ2) is 7.17. The van der Waals surface area contributed by atoms with Gasteiger partial charge in [-0.1, -0.05) is 66.6 Å². The summed E-state index contributed by atoms with van der Waals surface area (Å²) in [5.41, 5.74) is 4.65. The van der Waals surface area contributed by atoms with Crippen molar-refractivity contribution in [2.24, 2.45) is 0 Å². The van der Waals surface area contributed by atoms with Gasteiger partial charge in [-0.2, -0.15) is 0 Å². The van der Waals surface area contributed by atoms with Gasteiger partial charge >= 0.3 is 5.97 Å². The standard InChI is InChI=1S/C25H18O3/c1-3-18(16-12-14-17(15-13-16)25(27)28-2)23-19-8-4-6-10-21(19)24(26)22-11-7-5-9-20(22)23/h1,4-15,18,23H,2H3/t18-/m1/s1. The van der Waals surface area contributed by atoms with Gasteiger partial charge < -0.3 is 4.74 Å². The van der Waals surface area contributed by atoms with Gasteiger partial charge in [0.1, 0.15) is 0 Å². The first-order valence-electron chi connectivity index (χ1n) is 9.02. The van der Waals surface area contributed by atoms with E-state index in [0.717, 1.165) is 16.7 Å². The lowest BCUT2D eigenvalue weighted by Crippen LogP contribution is -2.23. The highest BCUT2D eigenvalue weighted by Gasteiger charge is 2.35. The summed E-state index contributed by atoms with van der Waals surface area (Å²) >= 11 is 0. The molecule has 0 heterocycles. The van der Waals surface area contributed by atoms with Gasteiger partial charge in [0.2, 0.25) is 0 Å². The Labute approximate surface area is 164 Å². The molecule has 0 spiro atoms. The third-order valence-corrected chi connectivity index (χ3v) is 5.28. The van der Waals surface area contributed by atoms with Gasteiger partial charge in [0, 0.05) is 17.0 Å². The summed E-state index contributed by atoms with van der Waals surface area (Å²) in [5, 5.41) is 0. The maximum atomic E-state index is 13.0. The summed E-state index contributed by atoms with van der Waals surface area (Å²) in [7, 11) is 1.35. The molecule has 1 aliphatic carbocycles. The Hall–Kier alpha value is -3.64. The van der Waals surface area contributed by atoms with Crippen LogP contribution in [0.4, 0.5) is 0 Å².